The average molecular weight is 1510 g/mol. The molecule has 1 aliphatic carbocycles. The van der Waals surface area contributed by atoms with Crippen LogP contribution < -0.4 is 4.74 Å². The molecule has 5 nitrogen and oxygen atoms in total. The maximum absolute atomic E-state index is 16.5. The summed E-state index contributed by atoms with van der Waals surface area (Å²) < 4.78 is 534. The first kappa shape index (κ1) is 85.1. The van der Waals surface area contributed by atoms with Crippen molar-refractivity contribution in [1.82, 2.24) is 0 Å². The Morgan fingerprint density at radius 2 is 0.704 bits per heavy atom. The van der Waals surface area contributed by atoms with Gasteiger partial charge >= 0.3 is 96.5 Å². The van der Waals surface area contributed by atoms with E-state index >= 15 is 4.39 Å². The van der Waals surface area contributed by atoms with Gasteiger partial charge in [-0.2, -0.15) is 158 Å². The molecule has 0 atom stereocenters. The first-order valence-electron chi connectivity index (χ1n) is 28.1. The van der Waals surface area contributed by atoms with Crippen molar-refractivity contribution in [2.24, 2.45) is 11.8 Å². The minimum Gasteiger partial charge on any atom is -0.493 e. The van der Waals surface area contributed by atoms with E-state index in [4.69, 9.17) is 4.74 Å². The van der Waals surface area contributed by atoms with Crippen LogP contribution in [-0.2, 0) is 31.8 Å². The number of aryl methyl sites for hydroxylation is 2. The Labute approximate surface area is 528 Å². The largest absolute Gasteiger partial charge is 0.493 e. The van der Waals surface area contributed by atoms with Crippen molar-refractivity contribution in [3.05, 3.63) is 77.1 Å². The summed E-state index contributed by atoms with van der Waals surface area (Å²) in [4.78, 5) is 0. The van der Waals surface area contributed by atoms with E-state index in [-0.39, 0.29) is 17.0 Å². The molecule has 1 fully saturated rings. The highest BCUT2D eigenvalue weighted by molar-refractivity contribution is 5.73. The molecule has 564 valence electrons. The second-order valence-corrected chi connectivity index (χ2v) is 22.4. The lowest BCUT2D eigenvalue weighted by Crippen LogP contribution is -2.68. The topological polar surface area (TPSA) is 46.2 Å². The van der Waals surface area contributed by atoms with Gasteiger partial charge in [-0.25, -0.2) is 4.39 Å². The van der Waals surface area contributed by atoms with Crippen LogP contribution in [0.1, 0.15) is 100 Å². The summed E-state index contributed by atoms with van der Waals surface area (Å²) >= 11 is 0. The molecular formula is C56H51F37O5. The number of ether oxygens (including phenoxy) is 5. The molecule has 0 aromatic heterocycles. The maximum atomic E-state index is 16.5. The van der Waals surface area contributed by atoms with Gasteiger partial charge in [0.05, 0.1) is 19.8 Å². The lowest BCUT2D eigenvalue weighted by molar-refractivity contribution is -0.464. The molecular weight excluding hydrogens is 1460 g/mol. The van der Waals surface area contributed by atoms with Gasteiger partial charge < -0.3 is 23.7 Å². The summed E-state index contributed by atoms with van der Waals surface area (Å²) in [7, 11) is 0. The van der Waals surface area contributed by atoms with Crippen molar-refractivity contribution >= 4 is 0 Å². The first-order chi connectivity index (χ1) is 44.1. The van der Waals surface area contributed by atoms with Crippen molar-refractivity contribution in [1.29, 1.82) is 0 Å². The van der Waals surface area contributed by atoms with Crippen LogP contribution in [0.3, 0.4) is 0 Å². The Kier molecular flexibility index (Phi) is 26.0. The SMILES string of the molecule is CCCCC[C@H]1CC[C@H](c2ccc(-c3ccc(-c4cc(CCCOC(C(F)(F)F)(C(F)(F)F)C(F)(F)F)c(OCCC(COC(C(F)(F)F)(C(F)(F)F)C(F)(F)F)COC(C(F)(F)F)(C(F)(F)F)C(F)(F)F)c(CCCOC(C(F)(F)F)(C(F)(F)F)C(F)(F)F)c4)c(F)c3)cc2)CC1. The highest BCUT2D eigenvalue weighted by Gasteiger charge is 2.89. The van der Waals surface area contributed by atoms with E-state index in [1.54, 1.807) is 12.1 Å². The summed E-state index contributed by atoms with van der Waals surface area (Å²) in [5, 5.41) is 0. The Morgan fingerprint density at radius 3 is 1.03 bits per heavy atom. The minimum absolute atomic E-state index is 0.0320. The maximum Gasteiger partial charge on any atom is 0.435 e. The standard InChI is InChI=1S/C56H51F37O5/c1-2-3-4-7-29-10-12-31(13-11-29)32-14-16-33(17-15-32)34-18-19-38(39(57)26-34)37-24-35(8-5-21-95-41(45(58,59)60,46(61,62)63)47(64,65)66)40(36(25-37)9-6-22-96-42(48(67,68)69,49(70,71)72)50(73,74)75)94-23-20-30(27-97-43(51(76,77)78,52(79,80)81)53(82,83)84)28-98-44(54(85,86)87,55(88,89)90)56(91,92)93/h14-19,24-26,29-31H,2-13,20-23,27-28H2,1H3/t29-,31-. The third-order valence-corrected chi connectivity index (χ3v) is 15.8. The van der Waals surface area contributed by atoms with Crippen molar-refractivity contribution in [3.63, 3.8) is 0 Å². The molecule has 0 unspecified atom stereocenters. The summed E-state index contributed by atoms with van der Waals surface area (Å²) in [6.45, 7) is -11.7. The Hall–Kier alpha value is -5.29. The number of hydrogen-bond donors (Lipinski definition) is 0. The number of benzene rings is 3. The van der Waals surface area contributed by atoms with E-state index in [9.17, 15) is 158 Å². The van der Waals surface area contributed by atoms with Crippen molar-refractivity contribution in [3.8, 4) is 28.0 Å². The molecule has 4 rings (SSSR count). The monoisotopic (exact) mass is 1510 g/mol. The number of alkyl halides is 36. The zero-order valence-corrected chi connectivity index (χ0v) is 49.2. The lowest BCUT2D eigenvalue weighted by atomic mass is 9.77. The first-order valence-corrected chi connectivity index (χ1v) is 28.1. The zero-order valence-electron chi connectivity index (χ0n) is 49.2. The van der Waals surface area contributed by atoms with E-state index in [0.29, 0.717) is 24.1 Å². The van der Waals surface area contributed by atoms with Gasteiger partial charge in [-0.3, -0.25) is 0 Å². The molecule has 1 aliphatic rings. The van der Waals surface area contributed by atoms with Gasteiger partial charge in [0.1, 0.15) is 11.6 Å². The molecule has 98 heavy (non-hydrogen) atoms. The van der Waals surface area contributed by atoms with E-state index in [1.807, 2.05) is 6.92 Å². The number of unbranched alkanes of at least 4 members (excludes halogenated alkanes) is 2. The normalized spacial score (nSPS) is 17.1. The van der Waals surface area contributed by atoms with Crippen LogP contribution in [0.5, 0.6) is 5.75 Å². The summed E-state index contributed by atoms with van der Waals surface area (Å²) in [6.07, 6.45) is -93.8. The van der Waals surface area contributed by atoms with E-state index in [2.05, 4.69) is 18.9 Å². The molecule has 0 saturated heterocycles. The molecule has 0 bridgehead atoms. The Morgan fingerprint density at radius 1 is 0.367 bits per heavy atom. The van der Waals surface area contributed by atoms with Crippen LogP contribution in [-0.4, -0.2) is 130 Å². The van der Waals surface area contributed by atoms with Gasteiger partial charge in [0.25, 0.3) is 0 Å². The number of hydrogen-bond acceptors (Lipinski definition) is 5. The van der Waals surface area contributed by atoms with Crippen LogP contribution in [0.4, 0.5) is 162 Å². The predicted molar refractivity (Wildman–Crippen MR) is 264 cm³/mol. The molecule has 0 heterocycles. The molecule has 0 spiro atoms. The quantitative estimate of drug-likeness (QED) is 0.0562. The fourth-order valence-electron chi connectivity index (χ4n) is 10.7. The minimum atomic E-state index is -7.87. The van der Waals surface area contributed by atoms with Crippen molar-refractivity contribution in [2.75, 3.05) is 33.0 Å². The van der Waals surface area contributed by atoms with Gasteiger partial charge in [-0.1, -0.05) is 69.0 Å². The Bertz CT molecular complexity index is 2740. The fourth-order valence-corrected chi connectivity index (χ4v) is 10.7. The number of halogens is 37. The van der Waals surface area contributed by atoms with Gasteiger partial charge in [0.15, 0.2) is 0 Å². The van der Waals surface area contributed by atoms with Crippen molar-refractivity contribution in [2.45, 2.75) is 193 Å². The van der Waals surface area contributed by atoms with Crippen LogP contribution in [0, 0.1) is 17.7 Å². The summed E-state index contributed by atoms with van der Waals surface area (Å²) in [5.74, 6) is -6.09. The zero-order chi connectivity index (χ0) is 75.6. The van der Waals surface area contributed by atoms with Gasteiger partial charge in [-0.15, -0.1) is 0 Å². The summed E-state index contributed by atoms with van der Waals surface area (Å²) in [6, 6.07) is 9.66. The average Bonchev–Trinajstić information content (AvgIpc) is 0.747. The molecule has 3 aromatic carbocycles. The van der Waals surface area contributed by atoms with Crippen LogP contribution in [0.2, 0.25) is 0 Å². The van der Waals surface area contributed by atoms with Gasteiger partial charge in [0, 0.05) is 24.7 Å². The van der Waals surface area contributed by atoms with E-state index in [1.165, 1.54) is 12.1 Å². The Balaban J connectivity index is 2.01. The molecule has 1 saturated carbocycles. The van der Waals surface area contributed by atoms with Gasteiger partial charge in [0.2, 0.25) is 0 Å². The van der Waals surface area contributed by atoms with Crippen LogP contribution in [0.15, 0.2) is 54.6 Å². The second-order valence-electron chi connectivity index (χ2n) is 22.4. The van der Waals surface area contributed by atoms with E-state index in [0.717, 1.165) is 69.1 Å². The molecule has 0 amide bonds. The third kappa shape index (κ3) is 17.8. The second kappa shape index (κ2) is 30.0. The van der Waals surface area contributed by atoms with Crippen LogP contribution in [0.25, 0.3) is 22.3 Å². The highest BCUT2D eigenvalue weighted by Crippen LogP contribution is 2.60. The molecule has 42 heteroatoms. The third-order valence-electron chi connectivity index (χ3n) is 15.8. The molecule has 3 aromatic rings. The molecule has 0 radical (unpaired) electrons. The smallest absolute Gasteiger partial charge is 0.435 e. The molecule has 0 aliphatic heterocycles. The van der Waals surface area contributed by atoms with E-state index < -0.39 is 201 Å². The van der Waals surface area contributed by atoms with Crippen LogP contribution >= 0.6 is 0 Å². The number of rotatable bonds is 27. The highest BCUT2D eigenvalue weighted by atomic mass is 19.5. The summed E-state index contributed by atoms with van der Waals surface area (Å²) in [5.41, 5.74) is -32.5. The molecule has 0 N–H and O–H groups in total. The lowest BCUT2D eigenvalue weighted by Gasteiger charge is -2.40. The van der Waals surface area contributed by atoms with Gasteiger partial charge in [-0.05, 0) is 121 Å². The predicted octanol–water partition coefficient (Wildman–Crippen LogP) is 22.0. The van der Waals surface area contributed by atoms with Crippen molar-refractivity contribution < 1.29 is 186 Å². The fraction of sp³-hybridized carbons (Fsp3) is 0.679.